The molecule has 5 atom stereocenters. The van der Waals surface area contributed by atoms with Crippen LogP contribution in [0, 0.1) is 0 Å². The third-order valence-electron chi connectivity index (χ3n) is 4.47. The molecule has 1 saturated heterocycles. The zero-order valence-corrected chi connectivity index (χ0v) is 16.9. The van der Waals surface area contributed by atoms with Crippen LogP contribution in [0.3, 0.4) is 0 Å². The minimum Gasteiger partial charge on any atom is -0.466 e. The first kappa shape index (κ1) is 24.7. The molecular formula is C21H26O10. The maximum Gasteiger partial charge on any atom is 0.336 e. The Bertz CT molecular complexity index is 774. The molecule has 10 heteroatoms. The van der Waals surface area contributed by atoms with Crippen LogP contribution in [0.5, 0.6) is 0 Å². The highest BCUT2D eigenvalue weighted by atomic mass is 16.7. The van der Waals surface area contributed by atoms with Crippen LogP contribution in [0.1, 0.15) is 5.56 Å². The van der Waals surface area contributed by atoms with Crippen LogP contribution >= 0.6 is 0 Å². The van der Waals surface area contributed by atoms with E-state index in [1.807, 2.05) is 18.2 Å². The van der Waals surface area contributed by atoms with Crippen LogP contribution in [0.25, 0.3) is 6.08 Å². The monoisotopic (exact) mass is 438 g/mol. The molecule has 1 fully saturated rings. The highest BCUT2D eigenvalue weighted by molar-refractivity contribution is 5.90. The Morgan fingerprint density at radius 2 is 1.81 bits per heavy atom. The van der Waals surface area contributed by atoms with E-state index in [-0.39, 0.29) is 18.8 Å². The van der Waals surface area contributed by atoms with Crippen molar-refractivity contribution in [2.24, 2.45) is 0 Å². The fraction of sp³-hybridized carbons (Fsp3) is 0.429. The maximum atomic E-state index is 11.9. The molecule has 4 N–H and O–H groups in total. The lowest BCUT2D eigenvalue weighted by atomic mass is 9.99. The van der Waals surface area contributed by atoms with Gasteiger partial charge in [-0.25, -0.2) is 9.59 Å². The SMILES string of the molecule is COC(=O)/C(=C/CO[C@@H]1O[C@H](CO)[C@@H](O)[C@H](O)[C@H]1O)COC(=O)/C=C/c1ccccc1. The molecule has 1 aliphatic heterocycles. The zero-order valence-electron chi connectivity index (χ0n) is 16.9. The van der Waals surface area contributed by atoms with Gasteiger partial charge in [0.05, 0.1) is 25.9 Å². The van der Waals surface area contributed by atoms with Crippen LogP contribution in [0.2, 0.25) is 0 Å². The van der Waals surface area contributed by atoms with Gasteiger partial charge in [-0.2, -0.15) is 0 Å². The van der Waals surface area contributed by atoms with Crippen LogP contribution in [0.4, 0.5) is 0 Å². The van der Waals surface area contributed by atoms with E-state index < -0.39 is 49.3 Å². The van der Waals surface area contributed by atoms with E-state index in [9.17, 15) is 30.0 Å². The first-order valence-electron chi connectivity index (χ1n) is 9.46. The molecule has 0 aromatic heterocycles. The third kappa shape index (κ3) is 7.24. The summed E-state index contributed by atoms with van der Waals surface area (Å²) in [5.41, 5.74) is 0.782. The van der Waals surface area contributed by atoms with Gasteiger partial charge < -0.3 is 39.4 Å². The number of aliphatic hydroxyl groups excluding tert-OH is 4. The molecule has 0 aliphatic carbocycles. The Morgan fingerprint density at radius 1 is 1.10 bits per heavy atom. The fourth-order valence-corrected chi connectivity index (χ4v) is 2.71. The van der Waals surface area contributed by atoms with Gasteiger partial charge in [0.2, 0.25) is 0 Å². The topological polar surface area (TPSA) is 152 Å². The summed E-state index contributed by atoms with van der Waals surface area (Å²) in [5.74, 6) is -1.43. The highest BCUT2D eigenvalue weighted by Gasteiger charge is 2.43. The molecule has 2 rings (SSSR count). The molecule has 0 radical (unpaired) electrons. The number of hydrogen-bond acceptors (Lipinski definition) is 10. The Morgan fingerprint density at radius 3 is 2.45 bits per heavy atom. The van der Waals surface area contributed by atoms with Gasteiger partial charge in [-0.15, -0.1) is 0 Å². The molecule has 0 amide bonds. The second-order valence-corrected chi connectivity index (χ2v) is 6.60. The summed E-state index contributed by atoms with van der Waals surface area (Å²) in [6.07, 6.45) is -3.11. The van der Waals surface area contributed by atoms with E-state index in [0.717, 1.165) is 12.7 Å². The molecule has 1 aromatic rings. The molecule has 0 bridgehead atoms. The van der Waals surface area contributed by atoms with E-state index in [0.29, 0.717) is 0 Å². The molecule has 10 nitrogen and oxygen atoms in total. The number of benzene rings is 1. The summed E-state index contributed by atoms with van der Waals surface area (Å²) in [4.78, 5) is 23.8. The van der Waals surface area contributed by atoms with Gasteiger partial charge in [0.15, 0.2) is 6.29 Å². The van der Waals surface area contributed by atoms with Crippen LogP contribution in [0.15, 0.2) is 48.1 Å². The molecular weight excluding hydrogens is 412 g/mol. The largest absolute Gasteiger partial charge is 0.466 e. The number of carbonyl (C=O) groups is 2. The van der Waals surface area contributed by atoms with Crippen molar-refractivity contribution in [3.05, 3.63) is 53.6 Å². The lowest BCUT2D eigenvalue weighted by Gasteiger charge is -2.39. The molecule has 0 unspecified atom stereocenters. The van der Waals surface area contributed by atoms with Crippen molar-refractivity contribution in [3.8, 4) is 0 Å². The lowest BCUT2D eigenvalue weighted by molar-refractivity contribution is -0.298. The van der Waals surface area contributed by atoms with Crippen LogP contribution in [-0.2, 0) is 28.5 Å². The quantitative estimate of drug-likeness (QED) is 0.284. The number of ether oxygens (including phenoxy) is 4. The van der Waals surface area contributed by atoms with E-state index in [4.69, 9.17) is 14.2 Å². The molecule has 170 valence electrons. The van der Waals surface area contributed by atoms with Gasteiger partial charge in [-0.3, -0.25) is 0 Å². The van der Waals surface area contributed by atoms with E-state index >= 15 is 0 Å². The average molecular weight is 438 g/mol. The van der Waals surface area contributed by atoms with Crippen molar-refractivity contribution in [2.45, 2.75) is 30.7 Å². The molecule has 1 aliphatic rings. The van der Waals surface area contributed by atoms with Crippen molar-refractivity contribution in [1.82, 2.24) is 0 Å². The van der Waals surface area contributed by atoms with Crippen molar-refractivity contribution < 1.29 is 49.0 Å². The Labute approximate surface area is 178 Å². The number of aliphatic hydroxyl groups is 4. The molecule has 1 heterocycles. The second-order valence-electron chi connectivity index (χ2n) is 6.60. The van der Waals surface area contributed by atoms with E-state index in [1.165, 1.54) is 12.2 Å². The summed E-state index contributed by atoms with van der Waals surface area (Å²) >= 11 is 0. The predicted molar refractivity (Wildman–Crippen MR) is 106 cm³/mol. The minimum absolute atomic E-state index is 0.0199. The summed E-state index contributed by atoms with van der Waals surface area (Å²) < 4.78 is 20.2. The Hall–Kier alpha value is -2.60. The molecule has 1 aromatic carbocycles. The Kier molecular flexibility index (Phi) is 9.79. The van der Waals surface area contributed by atoms with Crippen LogP contribution < -0.4 is 0 Å². The summed E-state index contributed by atoms with van der Waals surface area (Å²) in [6, 6.07) is 9.09. The normalized spacial score (nSPS) is 26.6. The average Bonchev–Trinajstić information content (AvgIpc) is 2.79. The summed E-state index contributed by atoms with van der Waals surface area (Å²) in [6.45, 7) is -1.26. The van der Waals surface area contributed by atoms with Gasteiger partial charge in [-0.1, -0.05) is 30.3 Å². The van der Waals surface area contributed by atoms with Gasteiger partial charge in [0.1, 0.15) is 31.0 Å². The third-order valence-corrected chi connectivity index (χ3v) is 4.47. The standard InChI is InChI=1S/C21H26O10/c1-28-20(27)14(12-30-16(23)8-7-13-5-3-2-4-6-13)9-10-29-21-19(26)18(25)17(24)15(11-22)31-21/h2-9,15,17-19,21-22,24-26H,10-12H2,1H3/b8-7+,14-9+/t15-,17-,18+,19-,21-/m1/s1. The Balaban J connectivity index is 1.92. The summed E-state index contributed by atoms with van der Waals surface area (Å²) in [7, 11) is 1.16. The first-order valence-corrected chi connectivity index (χ1v) is 9.46. The smallest absolute Gasteiger partial charge is 0.336 e. The second kappa shape index (κ2) is 12.3. The van der Waals surface area contributed by atoms with E-state index in [2.05, 4.69) is 4.74 Å². The predicted octanol–water partition coefficient (Wildman–Crippen LogP) is -0.841. The van der Waals surface area contributed by atoms with Gasteiger partial charge in [0, 0.05) is 6.08 Å². The summed E-state index contributed by atoms with van der Waals surface area (Å²) in [5, 5.41) is 38.6. The molecule has 0 spiro atoms. The number of hydrogen-bond donors (Lipinski definition) is 4. The molecule has 31 heavy (non-hydrogen) atoms. The fourth-order valence-electron chi connectivity index (χ4n) is 2.71. The number of carbonyl (C=O) groups excluding carboxylic acids is 2. The maximum absolute atomic E-state index is 11.9. The number of rotatable bonds is 9. The molecule has 0 saturated carbocycles. The lowest BCUT2D eigenvalue weighted by Crippen LogP contribution is -2.59. The number of methoxy groups -OCH3 is 1. The van der Waals surface area contributed by atoms with Gasteiger partial charge >= 0.3 is 11.9 Å². The van der Waals surface area contributed by atoms with Gasteiger partial charge in [0.25, 0.3) is 0 Å². The van der Waals surface area contributed by atoms with Crippen molar-refractivity contribution >= 4 is 18.0 Å². The van der Waals surface area contributed by atoms with Crippen LogP contribution in [-0.4, -0.2) is 90.0 Å². The highest BCUT2D eigenvalue weighted by Crippen LogP contribution is 2.22. The first-order chi connectivity index (χ1) is 14.9. The zero-order chi connectivity index (χ0) is 22.8. The van der Waals surface area contributed by atoms with E-state index in [1.54, 1.807) is 18.2 Å². The van der Waals surface area contributed by atoms with Crippen molar-refractivity contribution in [1.29, 1.82) is 0 Å². The minimum atomic E-state index is -1.59. The van der Waals surface area contributed by atoms with Crippen molar-refractivity contribution in [2.75, 3.05) is 26.9 Å². The number of esters is 2. The van der Waals surface area contributed by atoms with Crippen molar-refractivity contribution in [3.63, 3.8) is 0 Å². The van der Waals surface area contributed by atoms with Gasteiger partial charge in [-0.05, 0) is 17.7 Å².